The zero-order valence-corrected chi connectivity index (χ0v) is 13.8. The van der Waals surface area contributed by atoms with E-state index in [1.54, 1.807) is 17.1 Å². The number of anilines is 1. The van der Waals surface area contributed by atoms with E-state index in [1.165, 1.54) is 6.07 Å². The third-order valence-corrected chi connectivity index (χ3v) is 3.41. The second-order valence-electron chi connectivity index (χ2n) is 5.45. The lowest BCUT2D eigenvalue weighted by atomic mass is 10.3. The van der Waals surface area contributed by atoms with Crippen molar-refractivity contribution < 1.29 is 13.5 Å². The van der Waals surface area contributed by atoms with E-state index in [0.29, 0.717) is 18.2 Å². The number of nitrogens with zero attached hydrogens (tertiary/aromatic N) is 4. The van der Waals surface area contributed by atoms with Crippen molar-refractivity contribution in [2.24, 2.45) is 0 Å². The molecule has 1 aromatic carbocycles. The molecule has 3 aromatic rings. The van der Waals surface area contributed by atoms with E-state index in [2.05, 4.69) is 20.4 Å². The minimum atomic E-state index is -0.730. The molecule has 0 aliphatic heterocycles. The second-order valence-corrected chi connectivity index (χ2v) is 5.45. The van der Waals surface area contributed by atoms with Crippen molar-refractivity contribution in [2.75, 3.05) is 18.5 Å². The lowest BCUT2D eigenvalue weighted by Crippen LogP contribution is -2.14. The minimum absolute atomic E-state index is 0.00526. The maximum absolute atomic E-state index is 13.5. The van der Waals surface area contributed by atoms with Gasteiger partial charge in [0.2, 0.25) is 0 Å². The van der Waals surface area contributed by atoms with Gasteiger partial charge in [0.1, 0.15) is 18.2 Å². The summed E-state index contributed by atoms with van der Waals surface area (Å²) in [5.41, 5.74) is 1.85. The molecule has 0 aliphatic carbocycles. The largest absolute Gasteiger partial charge is 0.489 e. The molecule has 0 aliphatic rings. The number of aryl methyl sites for hydroxylation is 2. The zero-order valence-electron chi connectivity index (χ0n) is 13.8. The van der Waals surface area contributed by atoms with Gasteiger partial charge in [-0.25, -0.2) is 18.4 Å². The van der Waals surface area contributed by atoms with Crippen LogP contribution in [0.1, 0.15) is 11.4 Å². The maximum atomic E-state index is 13.5. The second kappa shape index (κ2) is 7.25. The number of nitrogens with one attached hydrogen (secondary N) is 1. The number of halogens is 2. The van der Waals surface area contributed by atoms with Crippen molar-refractivity contribution in [1.29, 1.82) is 0 Å². The number of rotatable bonds is 6. The van der Waals surface area contributed by atoms with E-state index < -0.39 is 11.6 Å². The van der Waals surface area contributed by atoms with Gasteiger partial charge >= 0.3 is 0 Å². The Morgan fingerprint density at radius 3 is 2.72 bits per heavy atom. The van der Waals surface area contributed by atoms with Crippen LogP contribution < -0.4 is 10.1 Å². The highest BCUT2D eigenvalue weighted by atomic mass is 19.1. The predicted octanol–water partition coefficient (Wildman–Crippen LogP) is 3.05. The number of hydrogen-bond donors (Lipinski definition) is 1. The van der Waals surface area contributed by atoms with Gasteiger partial charge in [0.05, 0.1) is 24.6 Å². The summed E-state index contributed by atoms with van der Waals surface area (Å²) in [5.74, 6) is -0.217. The summed E-state index contributed by atoms with van der Waals surface area (Å²) >= 11 is 0. The van der Waals surface area contributed by atoms with Crippen molar-refractivity contribution in [3.05, 3.63) is 59.7 Å². The number of benzene rings is 1. The molecule has 6 nitrogen and oxygen atoms in total. The fourth-order valence-corrected chi connectivity index (χ4v) is 2.34. The van der Waals surface area contributed by atoms with Crippen LogP contribution >= 0.6 is 0 Å². The van der Waals surface area contributed by atoms with Crippen LogP contribution in [0.25, 0.3) is 5.82 Å². The molecule has 2 heterocycles. The van der Waals surface area contributed by atoms with Crippen molar-refractivity contribution in [3.63, 3.8) is 0 Å². The van der Waals surface area contributed by atoms with E-state index in [-0.39, 0.29) is 12.4 Å². The first-order valence-corrected chi connectivity index (χ1v) is 7.70. The van der Waals surface area contributed by atoms with Crippen LogP contribution in [-0.4, -0.2) is 32.9 Å². The molecule has 0 radical (unpaired) electrons. The van der Waals surface area contributed by atoms with E-state index in [4.69, 9.17) is 4.74 Å². The molecule has 3 rings (SSSR count). The maximum Gasteiger partial charge on any atom is 0.174 e. The predicted molar refractivity (Wildman–Crippen MR) is 89.0 cm³/mol. The van der Waals surface area contributed by atoms with Gasteiger partial charge in [0, 0.05) is 11.8 Å². The molecule has 0 saturated heterocycles. The Morgan fingerprint density at radius 2 is 2.00 bits per heavy atom. The summed E-state index contributed by atoms with van der Waals surface area (Å²) in [5, 5.41) is 7.41. The molecule has 2 aromatic heterocycles. The van der Waals surface area contributed by atoms with Crippen molar-refractivity contribution >= 4 is 5.82 Å². The van der Waals surface area contributed by atoms with Gasteiger partial charge in [-0.05, 0) is 32.0 Å². The Kier molecular flexibility index (Phi) is 4.87. The Balaban J connectivity index is 1.58. The van der Waals surface area contributed by atoms with E-state index in [0.717, 1.165) is 23.5 Å². The van der Waals surface area contributed by atoms with Crippen LogP contribution in [0.5, 0.6) is 5.75 Å². The number of ether oxygens (including phenoxy) is 1. The standard InChI is InChI=1S/C17H17F2N5O/c1-11-7-12(2)24(23-11)17-10-20-9-16(22-17)21-5-6-25-15-4-3-13(18)8-14(15)19/h3-4,7-10H,5-6H2,1-2H3,(H,21,22). The lowest BCUT2D eigenvalue weighted by Gasteiger charge is -2.10. The molecule has 0 bridgehead atoms. The Morgan fingerprint density at radius 1 is 1.16 bits per heavy atom. The van der Waals surface area contributed by atoms with Crippen molar-refractivity contribution in [1.82, 2.24) is 19.7 Å². The summed E-state index contributed by atoms with van der Waals surface area (Å²) in [4.78, 5) is 8.58. The van der Waals surface area contributed by atoms with Gasteiger partial charge in [0.15, 0.2) is 17.4 Å². The van der Waals surface area contributed by atoms with Crippen LogP contribution in [0.4, 0.5) is 14.6 Å². The molecule has 0 unspecified atom stereocenters. The van der Waals surface area contributed by atoms with Crippen LogP contribution in [0, 0.1) is 25.5 Å². The average Bonchev–Trinajstić information content (AvgIpc) is 2.92. The molecule has 25 heavy (non-hydrogen) atoms. The molecule has 0 atom stereocenters. The van der Waals surface area contributed by atoms with Crippen molar-refractivity contribution in [2.45, 2.75) is 13.8 Å². The molecule has 0 saturated carbocycles. The smallest absolute Gasteiger partial charge is 0.174 e. The molecule has 0 spiro atoms. The first kappa shape index (κ1) is 16.8. The third kappa shape index (κ3) is 4.09. The van der Waals surface area contributed by atoms with Crippen LogP contribution in [0.3, 0.4) is 0 Å². The lowest BCUT2D eigenvalue weighted by molar-refractivity contribution is 0.314. The summed E-state index contributed by atoms with van der Waals surface area (Å²) in [7, 11) is 0. The average molecular weight is 345 g/mol. The summed E-state index contributed by atoms with van der Waals surface area (Å²) in [6, 6.07) is 5.14. The van der Waals surface area contributed by atoms with Gasteiger partial charge in [-0.2, -0.15) is 5.10 Å². The first-order valence-electron chi connectivity index (χ1n) is 7.70. The number of hydrogen-bond acceptors (Lipinski definition) is 5. The summed E-state index contributed by atoms with van der Waals surface area (Å²) in [6.45, 7) is 4.41. The number of aromatic nitrogens is 4. The van der Waals surface area contributed by atoms with Crippen LogP contribution in [-0.2, 0) is 0 Å². The Hall–Kier alpha value is -3.03. The fourth-order valence-electron chi connectivity index (χ4n) is 2.34. The normalized spacial score (nSPS) is 10.7. The minimum Gasteiger partial charge on any atom is -0.489 e. The van der Waals surface area contributed by atoms with E-state index >= 15 is 0 Å². The Labute approximate surface area is 143 Å². The highest BCUT2D eigenvalue weighted by molar-refractivity contribution is 5.36. The van der Waals surface area contributed by atoms with Gasteiger partial charge in [-0.15, -0.1) is 0 Å². The SMILES string of the molecule is Cc1cc(C)n(-c2cncc(NCCOc3ccc(F)cc3F)n2)n1. The zero-order chi connectivity index (χ0) is 17.8. The monoisotopic (exact) mass is 345 g/mol. The summed E-state index contributed by atoms with van der Waals surface area (Å²) < 4.78 is 33.3. The molecule has 1 N–H and O–H groups in total. The van der Waals surface area contributed by atoms with E-state index in [9.17, 15) is 8.78 Å². The van der Waals surface area contributed by atoms with Gasteiger partial charge in [-0.1, -0.05) is 0 Å². The topological polar surface area (TPSA) is 64.9 Å². The van der Waals surface area contributed by atoms with Crippen molar-refractivity contribution in [3.8, 4) is 11.6 Å². The highest BCUT2D eigenvalue weighted by Crippen LogP contribution is 2.17. The van der Waals surface area contributed by atoms with Gasteiger partial charge in [0.25, 0.3) is 0 Å². The quantitative estimate of drug-likeness (QED) is 0.696. The first-order chi connectivity index (χ1) is 12.0. The molecular formula is C17H17F2N5O. The summed E-state index contributed by atoms with van der Waals surface area (Å²) in [6.07, 6.45) is 3.20. The molecule has 8 heteroatoms. The Bertz CT molecular complexity index is 881. The van der Waals surface area contributed by atoms with E-state index in [1.807, 2.05) is 19.9 Å². The van der Waals surface area contributed by atoms with Gasteiger partial charge in [-0.3, -0.25) is 4.98 Å². The fraction of sp³-hybridized carbons (Fsp3) is 0.235. The molecule has 0 fully saturated rings. The molecule has 0 amide bonds. The molecule has 130 valence electrons. The highest BCUT2D eigenvalue weighted by Gasteiger charge is 2.07. The van der Waals surface area contributed by atoms with Gasteiger partial charge < -0.3 is 10.1 Å². The van der Waals surface area contributed by atoms with Crippen LogP contribution in [0.15, 0.2) is 36.7 Å². The third-order valence-electron chi connectivity index (χ3n) is 3.41. The molecular weight excluding hydrogens is 328 g/mol. The van der Waals surface area contributed by atoms with Crippen LogP contribution in [0.2, 0.25) is 0 Å².